The first-order chi connectivity index (χ1) is 8.54. The number of hydrogen-bond donors (Lipinski definition) is 1. The standard InChI is InChI=1S/C11H17ClN2O2S2/c12-10-1-2-11(17-10)18(15,16)14-7-4-9(3-6-13)5-8-14/h1-2,9H,3-8,13H2. The van der Waals surface area contributed by atoms with Crippen LogP contribution in [0.2, 0.25) is 4.34 Å². The molecule has 102 valence electrons. The van der Waals surface area contributed by atoms with Crippen LogP contribution in [0.15, 0.2) is 16.3 Å². The van der Waals surface area contributed by atoms with E-state index in [0.29, 0.717) is 34.1 Å². The summed E-state index contributed by atoms with van der Waals surface area (Å²) in [5.74, 6) is 0.563. The van der Waals surface area contributed by atoms with Crippen LogP contribution in [-0.2, 0) is 10.0 Å². The number of thiophene rings is 1. The highest BCUT2D eigenvalue weighted by molar-refractivity contribution is 7.91. The Hall–Kier alpha value is -0.140. The SMILES string of the molecule is NCCC1CCN(S(=O)(=O)c2ccc(Cl)s2)CC1. The minimum Gasteiger partial charge on any atom is -0.330 e. The molecule has 1 aromatic rings. The van der Waals surface area contributed by atoms with Crippen LogP contribution in [0, 0.1) is 5.92 Å². The number of sulfonamides is 1. The van der Waals surface area contributed by atoms with Gasteiger partial charge in [0.1, 0.15) is 4.21 Å². The van der Waals surface area contributed by atoms with Crippen molar-refractivity contribution in [3.8, 4) is 0 Å². The van der Waals surface area contributed by atoms with Gasteiger partial charge in [-0.25, -0.2) is 8.42 Å². The Morgan fingerprint density at radius 3 is 2.56 bits per heavy atom. The molecule has 18 heavy (non-hydrogen) atoms. The van der Waals surface area contributed by atoms with Gasteiger partial charge in [0.05, 0.1) is 4.34 Å². The van der Waals surface area contributed by atoms with Crippen molar-refractivity contribution in [3.63, 3.8) is 0 Å². The van der Waals surface area contributed by atoms with E-state index < -0.39 is 10.0 Å². The van der Waals surface area contributed by atoms with Crippen LogP contribution in [0.3, 0.4) is 0 Å². The van der Waals surface area contributed by atoms with E-state index in [0.717, 1.165) is 30.6 Å². The third-order valence-corrected chi connectivity index (χ3v) is 6.89. The van der Waals surface area contributed by atoms with E-state index in [1.54, 1.807) is 16.4 Å². The summed E-state index contributed by atoms with van der Waals surface area (Å²) in [6.07, 6.45) is 2.78. The topological polar surface area (TPSA) is 63.4 Å². The van der Waals surface area contributed by atoms with E-state index in [-0.39, 0.29) is 0 Å². The Bertz CT molecular complexity index is 493. The maximum absolute atomic E-state index is 12.3. The summed E-state index contributed by atoms with van der Waals surface area (Å²) < 4.78 is 27.0. The first-order valence-corrected chi connectivity index (χ1v) is 8.63. The van der Waals surface area contributed by atoms with E-state index in [9.17, 15) is 8.42 Å². The first kappa shape index (κ1) is 14.3. The number of halogens is 1. The largest absolute Gasteiger partial charge is 0.330 e. The summed E-state index contributed by atoms with van der Waals surface area (Å²) in [7, 11) is -3.34. The van der Waals surface area contributed by atoms with Crippen LogP contribution in [0.25, 0.3) is 0 Å². The van der Waals surface area contributed by atoms with Gasteiger partial charge in [-0.05, 0) is 43.9 Å². The smallest absolute Gasteiger partial charge is 0.252 e. The average Bonchev–Trinajstić information content (AvgIpc) is 2.78. The molecule has 0 radical (unpaired) electrons. The molecule has 2 rings (SSSR count). The lowest BCUT2D eigenvalue weighted by Crippen LogP contribution is -2.38. The van der Waals surface area contributed by atoms with Gasteiger partial charge in [-0.2, -0.15) is 4.31 Å². The molecule has 1 aliphatic rings. The lowest BCUT2D eigenvalue weighted by molar-refractivity contribution is 0.266. The van der Waals surface area contributed by atoms with Gasteiger partial charge in [0.2, 0.25) is 0 Å². The van der Waals surface area contributed by atoms with Crippen molar-refractivity contribution in [2.45, 2.75) is 23.5 Å². The normalized spacial score (nSPS) is 19.2. The van der Waals surface area contributed by atoms with Gasteiger partial charge >= 0.3 is 0 Å². The van der Waals surface area contributed by atoms with E-state index in [1.807, 2.05) is 0 Å². The van der Waals surface area contributed by atoms with E-state index in [1.165, 1.54) is 0 Å². The molecule has 1 aromatic heterocycles. The van der Waals surface area contributed by atoms with Crippen molar-refractivity contribution in [2.75, 3.05) is 19.6 Å². The summed E-state index contributed by atoms with van der Waals surface area (Å²) in [6.45, 7) is 1.85. The second kappa shape index (κ2) is 5.88. The maximum Gasteiger partial charge on any atom is 0.252 e. The average molecular weight is 309 g/mol. The van der Waals surface area contributed by atoms with Gasteiger partial charge in [-0.1, -0.05) is 11.6 Å². The van der Waals surface area contributed by atoms with Crippen molar-refractivity contribution in [3.05, 3.63) is 16.5 Å². The zero-order valence-electron chi connectivity index (χ0n) is 10.0. The summed E-state index contributed by atoms with van der Waals surface area (Å²) in [5, 5.41) is 0. The van der Waals surface area contributed by atoms with Crippen molar-refractivity contribution >= 4 is 33.0 Å². The highest BCUT2D eigenvalue weighted by Crippen LogP contribution is 2.30. The van der Waals surface area contributed by atoms with Crippen molar-refractivity contribution < 1.29 is 8.42 Å². The first-order valence-electron chi connectivity index (χ1n) is 5.99. The Kier molecular flexibility index (Phi) is 4.66. The van der Waals surface area contributed by atoms with E-state index >= 15 is 0 Å². The second-order valence-corrected chi connectivity index (χ2v) is 8.36. The predicted molar refractivity (Wildman–Crippen MR) is 74.5 cm³/mol. The van der Waals surface area contributed by atoms with E-state index in [2.05, 4.69) is 0 Å². The Morgan fingerprint density at radius 1 is 1.39 bits per heavy atom. The molecule has 1 saturated heterocycles. The minimum absolute atomic E-state index is 0.338. The quantitative estimate of drug-likeness (QED) is 0.927. The van der Waals surface area contributed by atoms with Gasteiger partial charge < -0.3 is 5.73 Å². The maximum atomic E-state index is 12.3. The Balaban J connectivity index is 2.05. The van der Waals surface area contributed by atoms with Gasteiger partial charge in [0, 0.05) is 13.1 Å². The van der Waals surface area contributed by atoms with Crippen LogP contribution < -0.4 is 5.73 Å². The van der Waals surface area contributed by atoms with Crippen LogP contribution in [-0.4, -0.2) is 32.4 Å². The lowest BCUT2D eigenvalue weighted by Gasteiger charge is -2.30. The highest BCUT2D eigenvalue weighted by Gasteiger charge is 2.30. The van der Waals surface area contributed by atoms with Crippen LogP contribution in [0.1, 0.15) is 19.3 Å². The fourth-order valence-corrected chi connectivity index (χ4v) is 5.34. The predicted octanol–water partition coefficient (Wildman–Crippen LogP) is 2.15. The zero-order chi connectivity index (χ0) is 13.2. The van der Waals surface area contributed by atoms with Gasteiger partial charge in [0.15, 0.2) is 0 Å². The van der Waals surface area contributed by atoms with Gasteiger partial charge in [0.25, 0.3) is 10.0 Å². The fourth-order valence-electron chi connectivity index (χ4n) is 2.24. The molecule has 2 N–H and O–H groups in total. The van der Waals surface area contributed by atoms with Crippen molar-refractivity contribution in [2.24, 2.45) is 11.7 Å². The third-order valence-electron chi connectivity index (χ3n) is 3.29. The van der Waals surface area contributed by atoms with Gasteiger partial charge in [-0.15, -0.1) is 11.3 Å². The van der Waals surface area contributed by atoms with Crippen LogP contribution in [0.4, 0.5) is 0 Å². The monoisotopic (exact) mass is 308 g/mol. The highest BCUT2D eigenvalue weighted by atomic mass is 35.5. The molecule has 0 saturated carbocycles. The molecule has 0 aliphatic carbocycles. The number of nitrogens with two attached hydrogens (primary N) is 1. The summed E-state index contributed by atoms with van der Waals surface area (Å²) in [4.78, 5) is 0. The van der Waals surface area contributed by atoms with Crippen molar-refractivity contribution in [1.82, 2.24) is 4.31 Å². The van der Waals surface area contributed by atoms with Crippen LogP contribution in [0.5, 0.6) is 0 Å². The minimum atomic E-state index is -3.34. The molecule has 2 heterocycles. The number of nitrogens with zero attached hydrogens (tertiary/aromatic N) is 1. The molecule has 0 atom stereocenters. The molecule has 0 amide bonds. The molecule has 1 aliphatic heterocycles. The summed E-state index contributed by atoms with van der Waals surface area (Å²) in [5.41, 5.74) is 5.53. The molecular weight excluding hydrogens is 292 g/mol. The molecule has 0 spiro atoms. The van der Waals surface area contributed by atoms with Crippen molar-refractivity contribution in [1.29, 1.82) is 0 Å². The zero-order valence-corrected chi connectivity index (χ0v) is 12.4. The third kappa shape index (κ3) is 3.05. The second-order valence-electron chi connectivity index (χ2n) is 4.48. The number of rotatable bonds is 4. The van der Waals surface area contributed by atoms with Crippen LogP contribution >= 0.6 is 22.9 Å². The fraction of sp³-hybridized carbons (Fsp3) is 0.636. The lowest BCUT2D eigenvalue weighted by atomic mass is 9.95. The number of hydrogen-bond acceptors (Lipinski definition) is 4. The summed E-state index contributed by atoms with van der Waals surface area (Å²) >= 11 is 6.91. The van der Waals surface area contributed by atoms with E-state index in [4.69, 9.17) is 17.3 Å². The summed E-state index contributed by atoms with van der Waals surface area (Å²) in [6, 6.07) is 3.20. The Labute approximate surface area is 117 Å². The van der Waals surface area contributed by atoms with Gasteiger partial charge in [-0.3, -0.25) is 0 Å². The molecule has 0 bridgehead atoms. The molecule has 0 unspecified atom stereocenters. The molecule has 4 nitrogen and oxygen atoms in total. The molecule has 1 fully saturated rings. The molecule has 7 heteroatoms. The molecule has 0 aromatic carbocycles. The Morgan fingerprint density at radius 2 is 2.06 bits per heavy atom. The molecular formula is C11H17ClN2O2S2. The number of piperidine rings is 1.